The lowest BCUT2D eigenvalue weighted by atomic mass is 9.99. The highest BCUT2D eigenvalue weighted by molar-refractivity contribution is 5.97. The largest absolute Gasteiger partial charge is 0.481 e. The molecule has 9 heteroatoms. The van der Waals surface area contributed by atoms with Crippen LogP contribution in [0.1, 0.15) is 47.9 Å². The molecule has 3 aromatic carbocycles. The molecule has 1 aliphatic rings. The van der Waals surface area contributed by atoms with Crippen molar-refractivity contribution >= 4 is 47.4 Å². The summed E-state index contributed by atoms with van der Waals surface area (Å²) in [5.41, 5.74) is 10.7. The average molecular weight is 549 g/mol. The fourth-order valence-corrected chi connectivity index (χ4v) is 4.69. The summed E-state index contributed by atoms with van der Waals surface area (Å²) in [6.45, 7) is 0.975. The summed E-state index contributed by atoms with van der Waals surface area (Å²) in [5.74, 6) is -1.21. The third-order valence-corrected chi connectivity index (χ3v) is 6.72. The van der Waals surface area contributed by atoms with Crippen molar-refractivity contribution in [2.45, 2.75) is 45.1 Å². The molecule has 39 heavy (non-hydrogen) atoms. The normalized spacial score (nSPS) is 12.2. The van der Waals surface area contributed by atoms with Gasteiger partial charge in [-0.15, -0.1) is 12.4 Å². The predicted molar refractivity (Wildman–Crippen MR) is 155 cm³/mol. The zero-order valence-electron chi connectivity index (χ0n) is 21.6. The third kappa shape index (κ3) is 7.67. The van der Waals surface area contributed by atoms with Gasteiger partial charge in [0.1, 0.15) is 5.84 Å². The molecule has 1 aliphatic heterocycles. The molecule has 0 aromatic heterocycles. The number of carboxylic acid groups (broad SMARTS) is 1. The number of carbonyl (C=O) groups is 3. The van der Waals surface area contributed by atoms with Gasteiger partial charge in [0.25, 0.3) is 0 Å². The average Bonchev–Trinajstić information content (AvgIpc) is 2.93. The molecule has 8 nitrogen and oxygen atoms in total. The van der Waals surface area contributed by atoms with Crippen LogP contribution in [-0.4, -0.2) is 35.3 Å². The molecule has 0 saturated heterocycles. The zero-order valence-corrected chi connectivity index (χ0v) is 22.5. The Bertz CT molecular complexity index is 1330. The molecule has 0 atom stereocenters. The van der Waals surface area contributed by atoms with Gasteiger partial charge in [0.05, 0.1) is 13.0 Å². The lowest BCUT2D eigenvalue weighted by molar-refractivity contribution is -0.138. The first-order valence-corrected chi connectivity index (χ1v) is 12.7. The molecule has 1 heterocycles. The molecule has 4 rings (SSSR count). The van der Waals surface area contributed by atoms with Gasteiger partial charge in [-0.3, -0.25) is 19.8 Å². The van der Waals surface area contributed by atoms with Crippen molar-refractivity contribution in [3.8, 4) is 0 Å². The first-order chi connectivity index (χ1) is 18.3. The van der Waals surface area contributed by atoms with E-state index in [2.05, 4.69) is 0 Å². The molecular formula is C30H33ClN4O4. The van der Waals surface area contributed by atoms with Crippen LogP contribution in [0.25, 0.3) is 0 Å². The second-order valence-corrected chi connectivity index (χ2v) is 9.43. The Morgan fingerprint density at radius 1 is 0.923 bits per heavy atom. The number of amides is 2. The second-order valence-electron chi connectivity index (χ2n) is 9.43. The van der Waals surface area contributed by atoms with E-state index in [9.17, 15) is 14.4 Å². The standard InChI is InChI=1S/C30H32N4O4.ClH/c31-30(32)23-11-8-21(9-12-23)10-15-27(35)33-18-4-7-24-19-25(13-14-26(24)33)34(28(36)16-17-29(37)38)20-22-5-2-1-3-6-22;/h1-3,5-6,8-9,11-14,19H,4,7,10,15-18,20H2,(H3,31,32)(H,37,38);1H. The van der Waals surface area contributed by atoms with E-state index in [-0.39, 0.29) is 42.9 Å². The molecule has 0 fully saturated rings. The number of nitrogens with one attached hydrogen (secondary N) is 1. The Morgan fingerprint density at radius 3 is 2.31 bits per heavy atom. The summed E-state index contributed by atoms with van der Waals surface area (Å²) in [4.78, 5) is 40.8. The number of rotatable bonds is 10. The molecule has 204 valence electrons. The van der Waals surface area contributed by atoms with Gasteiger partial charge >= 0.3 is 5.97 Å². The Kier molecular flexibility index (Phi) is 10.2. The van der Waals surface area contributed by atoms with Gasteiger partial charge in [0.2, 0.25) is 11.8 Å². The fourth-order valence-electron chi connectivity index (χ4n) is 4.69. The van der Waals surface area contributed by atoms with Gasteiger partial charge in [-0.05, 0) is 54.2 Å². The van der Waals surface area contributed by atoms with Crippen LogP contribution in [0.4, 0.5) is 11.4 Å². The van der Waals surface area contributed by atoms with Gasteiger partial charge in [-0.2, -0.15) is 0 Å². The highest BCUT2D eigenvalue weighted by atomic mass is 35.5. The third-order valence-electron chi connectivity index (χ3n) is 6.72. The van der Waals surface area contributed by atoms with Crippen molar-refractivity contribution in [3.05, 3.63) is 95.1 Å². The molecule has 2 amide bonds. The van der Waals surface area contributed by atoms with Gasteiger partial charge in [-0.1, -0.05) is 54.6 Å². The molecular weight excluding hydrogens is 516 g/mol. The number of halogens is 1. The Morgan fingerprint density at radius 2 is 1.64 bits per heavy atom. The minimum atomic E-state index is -1.01. The smallest absolute Gasteiger partial charge is 0.303 e. The molecule has 0 saturated carbocycles. The van der Waals surface area contributed by atoms with Crippen LogP contribution in [-0.2, 0) is 33.8 Å². The molecule has 0 aliphatic carbocycles. The van der Waals surface area contributed by atoms with Crippen molar-refractivity contribution < 1.29 is 19.5 Å². The van der Waals surface area contributed by atoms with Crippen LogP contribution in [0.15, 0.2) is 72.8 Å². The number of benzene rings is 3. The van der Waals surface area contributed by atoms with Gasteiger partial charge in [-0.25, -0.2) is 0 Å². The number of amidine groups is 1. The van der Waals surface area contributed by atoms with Crippen LogP contribution in [0, 0.1) is 5.41 Å². The van der Waals surface area contributed by atoms with Crippen LogP contribution in [0.2, 0.25) is 0 Å². The van der Waals surface area contributed by atoms with E-state index in [1.165, 1.54) is 0 Å². The molecule has 0 unspecified atom stereocenters. The first kappa shape index (κ1) is 29.4. The van der Waals surface area contributed by atoms with E-state index in [0.29, 0.717) is 37.2 Å². The summed E-state index contributed by atoms with van der Waals surface area (Å²) in [5, 5.41) is 16.6. The van der Waals surface area contributed by atoms with E-state index >= 15 is 0 Å². The van der Waals surface area contributed by atoms with Crippen LogP contribution >= 0.6 is 12.4 Å². The number of nitrogens with two attached hydrogens (primary N) is 1. The number of hydrogen-bond acceptors (Lipinski definition) is 4. The quantitative estimate of drug-likeness (QED) is 0.250. The van der Waals surface area contributed by atoms with E-state index in [1.807, 2.05) is 65.6 Å². The SMILES string of the molecule is Cl.N=C(N)c1ccc(CCC(=O)N2CCCc3cc(N(Cc4ccccc4)C(=O)CCC(=O)O)ccc32)cc1. The maximum absolute atomic E-state index is 13.2. The number of aryl methyl sites for hydroxylation is 2. The van der Waals surface area contributed by atoms with Crippen LogP contribution in [0.5, 0.6) is 0 Å². The Balaban J connectivity index is 0.00000420. The number of nitrogens with zero attached hydrogens (tertiary/aromatic N) is 2. The van der Waals surface area contributed by atoms with Gasteiger partial charge in [0.15, 0.2) is 0 Å². The number of aliphatic carboxylic acids is 1. The van der Waals surface area contributed by atoms with Crippen molar-refractivity contribution in [1.82, 2.24) is 0 Å². The molecule has 0 bridgehead atoms. The monoisotopic (exact) mass is 548 g/mol. The van der Waals surface area contributed by atoms with Crippen molar-refractivity contribution in [2.75, 3.05) is 16.3 Å². The number of anilines is 2. The lowest BCUT2D eigenvalue weighted by Gasteiger charge is -2.31. The van der Waals surface area contributed by atoms with Gasteiger partial charge < -0.3 is 20.6 Å². The Labute approximate surface area is 234 Å². The first-order valence-electron chi connectivity index (χ1n) is 12.7. The summed E-state index contributed by atoms with van der Waals surface area (Å²) in [7, 11) is 0. The number of hydrogen-bond donors (Lipinski definition) is 3. The fraction of sp³-hybridized carbons (Fsp3) is 0.267. The lowest BCUT2D eigenvalue weighted by Crippen LogP contribution is -2.36. The topological polar surface area (TPSA) is 128 Å². The maximum atomic E-state index is 13.2. The number of nitrogen functional groups attached to an aromatic ring is 1. The van der Waals surface area contributed by atoms with Crippen molar-refractivity contribution in [2.24, 2.45) is 5.73 Å². The second kappa shape index (κ2) is 13.6. The van der Waals surface area contributed by atoms with E-state index in [4.69, 9.17) is 16.2 Å². The van der Waals surface area contributed by atoms with E-state index in [0.717, 1.165) is 35.2 Å². The molecule has 3 aromatic rings. The van der Waals surface area contributed by atoms with Crippen LogP contribution in [0.3, 0.4) is 0 Å². The maximum Gasteiger partial charge on any atom is 0.303 e. The summed E-state index contributed by atoms with van der Waals surface area (Å²) < 4.78 is 0. The summed E-state index contributed by atoms with van der Waals surface area (Å²) >= 11 is 0. The van der Waals surface area contributed by atoms with E-state index in [1.54, 1.807) is 17.0 Å². The van der Waals surface area contributed by atoms with Gasteiger partial charge in [0, 0.05) is 36.3 Å². The van der Waals surface area contributed by atoms with E-state index < -0.39 is 5.97 Å². The summed E-state index contributed by atoms with van der Waals surface area (Å²) in [6, 6.07) is 22.6. The van der Waals surface area contributed by atoms with Crippen LogP contribution < -0.4 is 15.5 Å². The predicted octanol–water partition coefficient (Wildman–Crippen LogP) is 4.70. The van der Waals surface area contributed by atoms with Crippen molar-refractivity contribution in [1.29, 1.82) is 5.41 Å². The summed E-state index contributed by atoms with van der Waals surface area (Å²) in [6.07, 6.45) is 2.24. The molecule has 0 spiro atoms. The van der Waals surface area contributed by atoms with Crippen molar-refractivity contribution in [3.63, 3.8) is 0 Å². The number of fused-ring (bicyclic) bond motifs is 1. The number of carbonyl (C=O) groups excluding carboxylic acids is 2. The molecule has 4 N–H and O–H groups in total. The Hall–Kier alpha value is -4.17. The zero-order chi connectivity index (χ0) is 27.1. The highest BCUT2D eigenvalue weighted by Crippen LogP contribution is 2.32. The highest BCUT2D eigenvalue weighted by Gasteiger charge is 2.25. The molecule has 0 radical (unpaired) electrons. The minimum Gasteiger partial charge on any atom is -0.481 e. The number of carboxylic acids is 1. The minimum absolute atomic E-state index is 0.